The van der Waals surface area contributed by atoms with E-state index in [9.17, 15) is 10.2 Å². The van der Waals surface area contributed by atoms with Crippen LogP contribution in [0.4, 0.5) is 0 Å². The van der Waals surface area contributed by atoms with Crippen molar-refractivity contribution in [1.29, 1.82) is 0 Å². The van der Waals surface area contributed by atoms with Crippen LogP contribution in [0.15, 0.2) is 42.5 Å². The van der Waals surface area contributed by atoms with E-state index < -0.39 is 0 Å². The summed E-state index contributed by atoms with van der Waals surface area (Å²) in [5.74, 6) is 0.432. The summed E-state index contributed by atoms with van der Waals surface area (Å²) in [6.07, 6.45) is 0.923. The molecule has 0 aromatic heterocycles. The third kappa shape index (κ3) is 2.42. The monoisotopic (exact) mass is 269 g/mol. The van der Waals surface area contributed by atoms with Gasteiger partial charge >= 0.3 is 0 Å². The molecule has 0 radical (unpaired) electrons. The standard InChI is InChI=1S/C17H19NO2/c19-11-14-8-13-6-7-18-10-16(15(13)9-17(14)20)12-4-2-1-3-5-12/h1-5,8-9,16,18-20H,6-7,10-11H2. The molecule has 1 aliphatic heterocycles. The molecule has 2 aromatic carbocycles. The molecule has 0 bridgehead atoms. The van der Waals surface area contributed by atoms with E-state index in [0.29, 0.717) is 5.56 Å². The number of nitrogens with one attached hydrogen (secondary N) is 1. The van der Waals surface area contributed by atoms with Gasteiger partial charge in [0.25, 0.3) is 0 Å². The van der Waals surface area contributed by atoms with E-state index in [-0.39, 0.29) is 18.3 Å². The van der Waals surface area contributed by atoms with Gasteiger partial charge in [0.05, 0.1) is 6.61 Å². The summed E-state index contributed by atoms with van der Waals surface area (Å²) in [7, 11) is 0. The third-order valence-electron chi connectivity index (χ3n) is 4.01. The average molecular weight is 269 g/mol. The van der Waals surface area contributed by atoms with Gasteiger partial charge in [-0.15, -0.1) is 0 Å². The number of hydrogen-bond donors (Lipinski definition) is 3. The minimum atomic E-state index is -0.122. The van der Waals surface area contributed by atoms with Crippen molar-refractivity contribution >= 4 is 0 Å². The lowest BCUT2D eigenvalue weighted by molar-refractivity contribution is 0.275. The molecule has 2 aromatic rings. The van der Waals surface area contributed by atoms with Gasteiger partial charge in [-0.2, -0.15) is 0 Å². The normalized spacial score (nSPS) is 18.4. The topological polar surface area (TPSA) is 52.5 Å². The Labute approximate surface area is 118 Å². The van der Waals surface area contributed by atoms with Crippen molar-refractivity contribution in [3.8, 4) is 5.75 Å². The summed E-state index contributed by atoms with van der Waals surface area (Å²) < 4.78 is 0. The van der Waals surface area contributed by atoms with E-state index in [2.05, 4.69) is 17.4 Å². The van der Waals surface area contributed by atoms with E-state index in [1.807, 2.05) is 30.3 Å². The second-order valence-corrected chi connectivity index (χ2v) is 5.26. The smallest absolute Gasteiger partial charge is 0.121 e. The van der Waals surface area contributed by atoms with Gasteiger partial charge in [-0.25, -0.2) is 0 Å². The Hall–Kier alpha value is -1.84. The van der Waals surface area contributed by atoms with Crippen molar-refractivity contribution in [2.24, 2.45) is 0 Å². The maximum absolute atomic E-state index is 10.0. The molecule has 20 heavy (non-hydrogen) atoms. The Morgan fingerprint density at radius 2 is 1.95 bits per heavy atom. The molecule has 0 aliphatic carbocycles. The molecular formula is C17H19NO2. The summed E-state index contributed by atoms with van der Waals surface area (Å²) in [5, 5.41) is 22.8. The lowest BCUT2D eigenvalue weighted by Gasteiger charge is -2.19. The number of phenols is 1. The quantitative estimate of drug-likeness (QED) is 0.783. The summed E-state index contributed by atoms with van der Waals surface area (Å²) in [6, 6.07) is 14.1. The second-order valence-electron chi connectivity index (χ2n) is 5.26. The van der Waals surface area contributed by atoms with Crippen LogP contribution in [0.2, 0.25) is 0 Å². The molecule has 104 valence electrons. The highest BCUT2D eigenvalue weighted by Crippen LogP contribution is 2.33. The molecule has 0 saturated carbocycles. The highest BCUT2D eigenvalue weighted by Gasteiger charge is 2.21. The van der Waals surface area contributed by atoms with Crippen LogP contribution < -0.4 is 5.32 Å². The number of benzene rings is 2. The van der Waals surface area contributed by atoms with Crippen molar-refractivity contribution in [2.75, 3.05) is 13.1 Å². The molecule has 3 heteroatoms. The van der Waals surface area contributed by atoms with E-state index in [0.717, 1.165) is 25.1 Å². The van der Waals surface area contributed by atoms with Crippen molar-refractivity contribution in [1.82, 2.24) is 5.32 Å². The second kappa shape index (κ2) is 5.65. The Balaban J connectivity index is 2.09. The largest absolute Gasteiger partial charge is 0.508 e. The van der Waals surface area contributed by atoms with E-state index >= 15 is 0 Å². The Kier molecular flexibility index (Phi) is 3.72. The van der Waals surface area contributed by atoms with Crippen molar-refractivity contribution in [2.45, 2.75) is 18.9 Å². The van der Waals surface area contributed by atoms with Gasteiger partial charge in [-0.05, 0) is 41.8 Å². The highest BCUT2D eigenvalue weighted by molar-refractivity contribution is 5.47. The van der Waals surface area contributed by atoms with E-state index in [4.69, 9.17) is 0 Å². The zero-order valence-corrected chi connectivity index (χ0v) is 11.3. The summed E-state index contributed by atoms with van der Waals surface area (Å²) in [6.45, 7) is 1.67. The molecule has 3 N–H and O–H groups in total. The number of aromatic hydroxyl groups is 1. The Bertz CT molecular complexity index is 595. The number of aliphatic hydroxyl groups is 1. The van der Waals surface area contributed by atoms with Gasteiger partial charge in [-0.3, -0.25) is 0 Å². The molecule has 0 amide bonds. The third-order valence-corrected chi connectivity index (χ3v) is 4.01. The maximum atomic E-state index is 10.0. The molecular weight excluding hydrogens is 250 g/mol. The number of fused-ring (bicyclic) bond motifs is 1. The fourth-order valence-corrected chi connectivity index (χ4v) is 2.93. The minimum absolute atomic E-state index is 0.122. The average Bonchev–Trinajstić information content (AvgIpc) is 2.69. The lowest BCUT2D eigenvalue weighted by atomic mass is 9.87. The van der Waals surface area contributed by atoms with Gasteiger partial charge < -0.3 is 15.5 Å². The predicted molar refractivity (Wildman–Crippen MR) is 78.9 cm³/mol. The molecule has 1 atom stereocenters. The summed E-state index contributed by atoms with van der Waals surface area (Å²) in [5.41, 5.74) is 4.23. The molecule has 3 rings (SSSR count). The zero-order chi connectivity index (χ0) is 13.9. The van der Waals surface area contributed by atoms with Gasteiger partial charge in [0, 0.05) is 18.0 Å². The SMILES string of the molecule is OCc1cc2c(cc1O)C(c1ccccc1)CNCC2. The van der Waals surface area contributed by atoms with Gasteiger partial charge in [-0.1, -0.05) is 30.3 Å². The summed E-state index contributed by atoms with van der Waals surface area (Å²) in [4.78, 5) is 0. The van der Waals surface area contributed by atoms with Crippen LogP contribution in [0.3, 0.4) is 0 Å². The molecule has 0 spiro atoms. The van der Waals surface area contributed by atoms with Gasteiger partial charge in [0.1, 0.15) is 5.75 Å². The van der Waals surface area contributed by atoms with Crippen LogP contribution in [-0.2, 0) is 13.0 Å². The zero-order valence-electron chi connectivity index (χ0n) is 11.3. The van der Waals surface area contributed by atoms with Crippen LogP contribution in [0.1, 0.15) is 28.2 Å². The van der Waals surface area contributed by atoms with E-state index in [1.54, 1.807) is 0 Å². The van der Waals surface area contributed by atoms with Crippen LogP contribution in [0.25, 0.3) is 0 Å². The molecule has 3 nitrogen and oxygen atoms in total. The first-order valence-electron chi connectivity index (χ1n) is 7.01. The molecule has 0 saturated heterocycles. The van der Waals surface area contributed by atoms with Gasteiger partial charge in [0.15, 0.2) is 0 Å². The van der Waals surface area contributed by atoms with Gasteiger partial charge in [0.2, 0.25) is 0 Å². The molecule has 1 aliphatic rings. The molecule has 1 heterocycles. The van der Waals surface area contributed by atoms with Crippen molar-refractivity contribution in [3.63, 3.8) is 0 Å². The molecule has 1 unspecified atom stereocenters. The number of hydrogen-bond acceptors (Lipinski definition) is 3. The highest BCUT2D eigenvalue weighted by atomic mass is 16.3. The van der Waals surface area contributed by atoms with Crippen LogP contribution >= 0.6 is 0 Å². The first kappa shape index (κ1) is 13.2. The lowest BCUT2D eigenvalue weighted by Crippen LogP contribution is -2.20. The van der Waals surface area contributed by atoms with Crippen molar-refractivity contribution < 1.29 is 10.2 Å². The van der Waals surface area contributed by atoms with Crippen LogP contribution in [0.5, 0.6) is 5.75 Å². The number of aliphatic hydroxyl groups excluding tert-OH is 1. The Morgan fingerprint density at radius 3 is 2.70 bits per heavy atom. The first-order chi connectivity index (χ1) is 9.79. The van der Waals surface area contributed by atoms with Crippen LogP contribution in [0, 0.1) is 0 Å². The maximum Gasteiger partial charge on any atom is 0.121 e. The first-order valence-corrected chi connectivity index (χ1v) is 7.01. The fourth-order valence-electron chi connectivity index (χ4n) is 2.93. The predicted octanol–water partition coefficient (Wildman–Crippen LogP) is 2.16. The fraction of sp³-hybridized carbons (Fsp3) is 0.294. The van der Waals surface area contributed by atoms with E-state index in [1.165, 1.54) is 11.1 Å². The van der Waals surface area contributed by atoms with Crippen molar-refractivity contribution in [3.05, 3.63) is 64.7 Å². The molecule has 0 fully saturated rings. The Morgan fingerprint density at radius 1 is 1.15 bits per heavy atom. The number of rotatable bonds is 2. The van der Waals surface area contributed by atoms with Crippen LogP contribution in [-0.4, -0.2) is 23.3 Å². The summed E-state index contributed by atoms with van der Waals surface area (Å²) >= 11 is 0. The minimum Gasteiger partial charge on any atom is -0.508 e.